The van der Waals surface area contributed by atoms with E-state index in [4.69, 9.17) is 4.74 Å². The second-order valence-electron chi connectivity index (χ2n) is 9.32. The zero-order valence-electron chi connectivity index (χ0n) is 19.6. The van der Waals surface area contributed by atoms with Crippen LogP contribution in [-0.4, -0.2) is 57.9 Å². The van der Waals surface area contributed by atoms with E-state index in [9.17, 15) is 4.79 Å². The van der Waals surface area contributed by atoms with E-state index < -0.39 is 0 Å². The number of rotatable bonds is 7. The minimum absolute atomic E-state index is 0.0940. The Hall–Kier alpha value is -3.68. The van der Waals surface area contributed by atoms with Gasteiger partial charge in [-0.1, -0.05) is 12.1 Å². The van der Waals surface area contributed by atoms with Crippen molar-refractivity contribution in [1.29, 1.82) is 0 Å². The number of unbranched alkanes of at least 4 members (excludes halogenated alkanes) is 1. The van der Waals surface area contributed by atoms with Gasteiger partial charge < -0.3 is 14.7 Å². The molecular formula is C28H29N5O2. The van der Waals surface area contributed by atoms with Gasteiger partial charge in [0.15, 0.2) is 0 Å². The summed E-state index contributed by atoms with van der Waals surface area (Å²) in [6.07, 6.45) is 7.10. The Kier molecular flexibility index (Phi) is 5.94. The zero-order chi connectivity index (χ0) is 23.6. The zero-order valence-corrected chi connectivity index (χ0v) is 19.6. The maximum Gasteiger partial charge on any atom is 0.257 e. The third kappa shape index (κ3) is 4.65. The van der Waals surface area contributed by atoms with Gasteiger partial charge in [0.05, 0.1) is 30.7 Å². The number of aryl methyl sites for hydroxylation is 1. The molecule has 7 heteroatoms. The number of nitrogens with zero attached hydrogens (tertiary/aromatic N) is 2. The van der Waals surface area contributed by atoms with E-state index in [1.54, 1.807) is 6.20 Å². The van der Waals surface area contributed by atoms with Gasteiger partial charge in [-0.25, -0.2) is 0 Å². The summed E-state index contributed by atoms with van der Waals surface area (Å²) in [7, 11) is 0. The van der Waals surface area contributed by atoms with Crippen molar-refractivity contribution in [2.75, 3.05) is 32.8 Å². The maximum atomic E-state index is 12.9. The molecule has 0 saturated carbocycles. The van der Waals surface area contributed by atoms with Crippen molar-refractivity contribution in [2.24, 2.45) is 0 Å². The largest absolute Gasteiger partial charge is 0.379 e. The Balaban J connectivity index is 1.21. The molecule has 6 rings (SSSR count). The molecule has 178 valence electrons. The van der Waals surface area contributed by atoms with E-state index in [1.165, 1.54) is 18.4 Å². The van der Waals surface area contributed by atoms with Gasteiger partial charge in [0.1, 0.15) is 0 Å². The Morgan fingerprint density at radius 2 is 1.71 bits per heavy atom. The minimum Gasteiger partial charge on any atom is -0.379 e. The van der Waals surface area contributed by atoms with Crippen molar-refractivity contribution < 1.29 is 4.74 Å². The van der Waals surface area contributed by atoms with Crippen LogP contribution in [0.3, 0.4) is 0 Å². The molecule has 1 aliphatic rings. The second kappa shape index (κ2) is 9.52. The number of hydrogen-bond donors (Lipinski definition) is 3. The highest BCUT2D eigenvalue weighted by Crippen LogP contribution is 2.27. The van der Waals surface area contributed by atoms with Gasteiger partial charge in [0.25, 0.3) is 5.56 Å². The Bertz CT molecular complexity index is 1510. The quantitative estimate of drug-likeness (QED) is 0.302. The highest BCUT2D eigenvalue weighted by Gasteiger charge is 2.12. The van der Waals surface area contributed by atoms with Crippen LogP contribution in [0.15, 0.2) is 65.7 Å². The number of aromatic amines is 3. The van der Waals surface area contributed by atoms with E-state index in [0.717, 1.165) is 77.9 Å². The van der Waals surface area contributed by atoms with Crippen LogP contribution >= 0.6 is 0 Å². The molecule has 5 aromatic rings. The van der Waals surface area contributed by atoms with Gasteiger partial charge in [-0.3, -0.25) is 14.8 Å². The molecule has 7 nitrogen and oxygen atoms in total. The van der Waals surface area contributed by atoms with Crippen LogP contribution in [0, 0.1) is 0 Å². The van der Waals surface area contributed by atoms with Crippen molar-refractivity contribution in [2.45, 2.75) is 19.3 Å². The summed E-state index contributed by atoms with van der Waals surface area (Å²) >= 11 is 0. The molecule has 1 fully saturated rings. The molecule has 0 atom stereocenters. The lowest BCUT2D eigenvalue weighted by Gasteiger charge is -2.26. The van der Waals surface area contributed by atoms with Crippen molar-refractivity contribution in [3.63, 3.8) is 0 Å². The van der Waals surface area contributed by atoms with Crippen LogP contribution in [0.5, 0.6) is 0 Å². The van der Waals surface area contributed by atoms with E-state index in [2.05, 4.69) is 55.4 Å². The first-order chi connectivity index (χ1) is 17.2. The molecule has 0 aliphatic carbocycles. The molecule has 1 saturated heterocycles. The van der Waals surface area contributed by atoms with Gasteiger partial charge in [0, 0.05) is 41.3 Å². The van der Waals surface area contributed by atoms with Crippen LogP contribution in [0.1, 0.15) is 18.4 Å². The molecule has 1 aliphatic heterocycles. The molecule has 0 unspecified atom stereocenters. The fourth-order valence-electron chi connectivity index (χ4n) is 4.97. The fourth-order valence-corrected chi connectivity index (χ4v) is 4.97. The molecule has 3 aromatic heterocycles. The van der Waals surface area contributed by atoms with Gasteiger partial charge in [-0.2, -0.15) is 5.10 Å². The van der Waals surface area contributed by atoms with Gasteiger partial charge in [-0.05, 0) is 78.7 Å². The van der Waals surface area contributed by atoms with Crippen LogP contribution in [0.2, 0.25) is 0 Å². The van der Waals surface area contributed by atoms with Crippen LogP contribution in [0.4, 0.5) is 0 Å². The lowest BCUT2D eigenvalue weighted by molar-refractivity contribution is 0.0372. The Labute approximate surface area is 203 Å². The van der Waals surface area contributed by atoms with Crippen LogP contribution in [-0.2, 0) is 11.2 Å². The average molecular weight is 468 g/mol. The molecule has 0 bridgehead atoms. The molecule has 0 amide bonds. The van der Waals surface area contributed by atoms with Crippen molar-refractivity contribution in [1.82, 2.24) is 25.1 Å². The number of H-pyrrole nitrogens is 3. The number of pyridine rings is 1. The normalized spacial score (nSPS) is 14.7. The van der Waals surface area contributed by atoms with Crippen molar-refractivity contribution in [3.05, 3.63) is 76.8 Å². The number of nitrogens with one attached hydrogen (secondary N) is 3. The van der Waals surface area contributed by atoms with Crippen molar-refractivity contribution >= 4 is 21.8 Å². The second-order valence-corrected chi connectivity index (χ2v) is 9.32. The minimum atomic E-state index is -0.0940. The topological polar surface area (TPSA) is 89.8 Å². The summed E-state index contributed by atoms with van der Waals surface area (Å²) in [5.41, 5.74) is 6.66. The van der Waals surface area contributed by atoms with E-state index in [1.807, 2.05) is 24.4 Å². The summed E-state index contributed by atoms with van der Waals surface area (Å²) in [4.78, 5) is 21.9. The van der Waals surface area contributed by atoms with Crippen LogP contribution < -0.4 is 5.56 Å². The summed E-state index contributed by atoms with van der Waals surface area (Å²) in [6, 6.07) is 16.6. The molecule has 3 N–H and O–H groups in total. The number of hydrogen-bond acceptors (Lipinski definition) is 4. The predicted octanol–water partition coefficient (Wildman–Crippen LogP) is 4.72. The highest BCUT2D eigenvalue weighted by molar-refractivity contribution is 5.90. The summed E-state index contributed by atoms with van der Waals surface area (Å²) < 4.78 is 5.43. The third-order valence-corrected chi connectivity index (χ3v) is 6.94. The molecule has 2 aromatic carbocycles. The van der Waals surface area contributed by atoms with E-state index in [-0.39, 0.29) is 5.56 Å². The fraction of sp³-hybridized carbons (Fsp3) is 0.286. The van der Waals surface area contributed by atoms with Gasteiger partial charge in [0.2, 0.25) is 0 Å². The monoisotopic (exact) mass is 467 g/mol. The first-order valence-corrected chi connectivity index (χ1v) is 12.3. The van der Waals surface area contributed by atoms with Gasteiger partial charge >= 0.3 is 0 Å². The molecule has 0 spiro atoms. The van der Waals surface area contributed by atoms with Gasteiger partial charge in [-0.15, -0.1) is 0 Å². The van der Waals surface area contributed by atoms with Crippen molar-refractivity contribution in [3.8, 4) is 22.4 Å². The van der Waals surface area contributed by atoms with E-state index >= 15 is 0 Å². The lowest BCUT2D eigenvalue weighted by Crippen LogP contribution is -2.36. The molecule has 4 heterocycles. The molecule has 0 radical (unpaired) electrons. The highest BCUT2D eigenvalue weighted by atomic mass is 16.5. The average Bonchev–Trinajstić information content (AvgIpc) is 3.57. The standard InChI is InChI=1S/C28H29N5O2/c34-28-24(15-22-14-20(5-7-26(22)32-28)23-17-29-30-18-23)27-16-21-13-19(4-6-25(21)31-27)3-1-2-8-33-9-11-35-12-10-33/h4-7,13-18,31H,1-3,8-12H2,(H,29,30)(H,32,34). The Morgan fingerprint density at radius 1 is 0.886 bits per heavy atom. The summed E-state index contributed by atoms with van der Waals surface area (Å²) in [5, 5.41) is 9.01. The third-order valence-electron chi connectivity index (χ3n) is 6.94. The first-order valence-electron chi connectivity index (χ1n) is 12.3. The lowest BCUT2D eigenvalue weighted by atomic mass is 10.0. The molecule has 35 heavy (non-hydrogen) atoms. The molecular weight excluding hydrogens is 438 g/mol. The van der Waals surface area contributed by atoms with E-state index in [0.29, 0.717) is 5.56 Å². The first kappa shape index (κ1) is 21.8. The number of morpholine rings is 1. The summed E-state index contributed by atoms with van der Waals surface area (Å²) in [6.45, 7) is 4.97. The number of fused-ring (bicyclic) bond motifs is 2. The predicted molar refractivity (Wildman–Crippen MR) is 140 cm³/mol. The number of benzene rings is 2. The number of ether oxygens (including phenoxy) is 1. The summed E-state index contributed by atoms with van der Waals surface area (Å²) in [5.74, 6) is 0. The SMILES string of the molecule is O=c1[nH]c2ccc(-c3cn[nH]c3)cc2cc1-c1cc2cc(CCCCN3CCOCC3)ccc2[nH]1. The smallest absolute Gasteiger partial charge is 0.257 e. The van der Waals surface area contributed by atoms with Crippen LogP contribution in [0.25, 0.3) is 44.2 Å². The maximum absolute atomic E-state index is 12.9. The Morgan fingerprint density at radius 3 is 2.57 bits per heavy atom. The number of aromatic nitrogens is 4.